The molecule has 3 rings (SSSR count). The first-order valence-corrected chi connectivity index (χ1v) is 7.62. The van der Waals surface area contributed by atoms with Gasteiger partial charge in [-0.05, 0) is 62.6 Å². The van der Waals surface area contributed by atoms with E-state index in [2.05, 4.69) is 24.9 Å². The summed E-state index contributed by atoms with van der Waals surface area (Å²) in [6.07, 6.45) is 1.46. The van der Waals surface area contributed by atoms with Gasteiger partial charge >= 0.3 is 0 Å². The minimum absolute atomic E-state index is 0.296. The number of nitrogens with zero attached hydrogens (tertiary/aromatic N) is 1. The Labute approximate surface area is 126 Å². The van der Waals surface area contributed by atoms with E-state index in [1.807, 2.05) is 13.0 Å². The van der Waals surface area contributed by atoms with E-state index in [0.29, 0.717) is 25.3 Å². The molecule has 2 fully saturated rings. The molecule has 2 heterocycles. The molecule has 0 saturated carbocycles. The summed E-state index contributed by atoms with van der Waals surface area (Å²) in [5, 5.41) is 11.3. The summed E-state index contributed by atoms with van der Waals surface area (Å²) in [5.41, 5.74) is 2.47. The molecule has 4 heteroatoms. The summed E-state index contributed by atoms with van der Waals surface area (Å²) in [4.78, 5) is 2.36. The lowest BCUT2D eigenvalue weighted by atomic mass is 9.75. The second-order valence-corrected chi connectivity index (χ2v) is 6.59. The topological polar surface area (TPSA) is 41.9 Å². The van der Waals surface area contributed by atoms with Gasteiger partial charge in [-0.2, -0.15) is 0 Å². The third-order valence-electron chi connectivity index (χ3n) is 5.16. The van der Waals surface area contributed by atoms with Gasteiger partial charge in [0.2, 0.25) is 0 Å². The van der Waals surface area contributed by atoms with Crippen molar-refractivity contribution >= 4 is 0 Å². The molecule has 1 aromatic carbocycles. The number of hydrogen-bond acceptors (Lipinski definition) is 4. The maximum Gasteiger partial charge on any atom is 0.122 e. The second kappa shape index (κ2) is 5.27. The Balaban J connectivity index is 1.98. The summed E-state index contributed by atoms with van der Waals surface area (Å²) >= 11 is 0. The van der Waals surface area contributed by atoms with Gasteiger partial charge in [0.1, 0.15) is 5.75 Å². The van der Waals surface area contributed by atoms with Crippen LogP contribution in [-0.4, -0.2) is 49.5 Å². The quantitative estimate of drug-likeness (QED) is 0.905. The lowest BCUT2D eigenvalue weighted by Crippen LogP contribution is -2.59. The highest BCUT2D eigenvalue weighted by atomic mass is 16.5. The molecule has 2 atom stereocenters. The van der Waals surface area contributed by atoms with Crippen LogP contribution in [-0.2, 0) is 10.3 Å². The second-order valence-electron chi connectivity index (χ2n) is 6.59. The number of fused-ring (bicyclic) bond motifs is 2. The normalized spacial score (nSPS) is 33.0. The molecular formula is C17H25NO3. The molecule has 2 aliphatic rings. The number of aryl methyl sites for hydroxylation is 2. The average Bonchev–Trinajstić information content (AvgIpc) is 2.43. The smallest absolute Gasteiger partial charge is 0.122 e. The molecule has 4 nitrogen and oxygen atoms in total. The zero-order valence-electron chi connectivity index (χ0n) is 13.3. The van der Waals surface area contributed by atoms with Crippen LogP contribution in [0.3, 0.4) is 0 Å². The minimum atomic E-state index is -0.757. The number of methoxy groups -OCH3 is 1. The van der Waals surface area contributed by atoms with Crippen LogP contribution < -0.4 is 4.74 Å². The van der Waals surface area contributed by atoms with Crippen LogP contribution in [0.25, 0.3) is 0 Å². The molecular weight excluding hydrogens is 266 g/mol. The van der Waals surface area contributed by atoms with Gasteiger partial charge in [0.25, 0.3) is 0 Å². The Morgan fingerprint density at radius 1 is 1.19 bits per heavy atom. The molecule has 0 aromatic heterocycles. The molecule has 1 aromatic rings. The first-order chi connectivity index (χ1) is 9.94. The number of aliphatic hydroxyl groups is 1. The Bertz CT molecular complexity index is 529. The largest absolute Gasteiger partial charge is 0.496 e. The number of ether oxygens (including phenoxy) is 2. The van der Waals surface area contributed by atoms with Crippen LogP contribution in [0.2, 0.25) is 0 Å². The molecule has 0 spiro atoms. The maximum atomic E-state index is 11.3. The highest BCUT2D eigenvalue weighted by Gasteiger charge is 2.46. The molecule has 2 aliphatic heterocycles. The van der Waals surface area contributed by atoms with E-state index in [4.69, 9.17) is 9.47 Å². The maximum absolute atomic E-state index is 11.3. The number of rotatable bonds is 2. The predicted molar refractivity (Wildman–Crippen MR) is 81.8 cm³/mol. The van der Waals surface area contributed by atoms with Crippen molar-refractivity contribution in [1.29, 1.82) is 0 Å². The molecule has 0 radical (unpaired) electrons. The highest BCUT2D eigenvalue weighted by Crippen LogP contribution is 2.42. The van der Waals surface area contributed by atoms with Crippen molar-refractivity contribution in [1.82, 2.24) is 4.90 Å². The van der Waals surface area contributed by atoms with Gasteiger partial charge < -0.3 is 14.6 Å². The molecule has 1 N–H and O–H groups in total. The van der Waals surface area contributed by atoms with Gasteiger partial charge in [-0.1, -0.05) is 0 Å². The fourth-order valence-electron chi connectivity index (χ4n) is 3.87. The number of morpholine rings is 1. The average molecular weight is 291 g/mol. The third-order valence-corrected chi connectivity index (χ3v) is 5.16. The van der Waals surface area contributed by atoms with Crippen molar-refractivity contribution in [3.63, 3.8) is 0 Å². The van der Waals surface area contributed by atoms with Gasteiger partial charge in [0.05, 0.1) is 25.9 Å². The van der Waals surface area contributed by atoms with E-state index >= 15 is 0 Å². The van der Waals surface area contributed by atoms with Crippen molar-refractivity contribution in [2.45, 2.75) is 44.4 Å². The van der Waals surface area contributed by atoms with Crippen LogP contribution in [0.4, 0.5) is 0 Å². The predicted octanol–water partition coefficient (Wildman–Crippen LogP) is 1.99. The van der Waals surface area contributed by atoms with E-state index in [-0.39, 0.29) is 0 Å². The SMILES string of the molecule is COc1cc(C)c(C2(O)CC3COCC(C2)N3C)cc1C. The van der Waals surface area contributed by atoms with Crippen molar-refractivity contribution in [3.05, 3.63) is 28.8 Å². The van der Waals surface area contributed by atoms with Crippen LogP contribution >= 0.6 is 0 Å². The molecule has 0 aliphatic carbocycles. The number of benzene rings is 1. The van der Waals surface area contributed by atoms with Crippen LogP contribution in [0, 0.1) is 13.8 Å². The van der Waals surface area contributed by atoms with E-state index in [1.165, 1.54) is 0 Å². The summed E-state index contributed by atoms with van der Waals surface area (Å²) in [6.45, 7) is 5.51. The first-order valence-electron chi connectivity index (χ1n) is 7.62. The molecule has 116 valence electrons. The van der Waals surface area contributed by atoms with E-state index in [9.17, 15) is 5.11 Å². The number of hydrogen-bond donors (Lipinski definition) is 1. The van der Waals surface area contributed by atoms with E-state index < -0.39 is 5.60 Å². The molecule has 2 saturated heterocycles. The number of piperidine rings is 1. The van der Waals surface area contributed by atoms with Gasteiger partial charge in [-0.15, -0.1) is 0 Å². The van der Waals surface area contributed by atoms with Gasteiger partial charge in [0, 0.05) is 12.1 Å². The summed E-state index contributed by atoms with van der Waals surface area (Å²) in [5.74, 6) is 0.885. The van der Waals surface area contributed by atoms with Crippen molar-refractivity contribution < 1.29 is 14.6 Å². The zero-order chi connectivity index (χ0) is 15.2. The molecule has 21 heavy (non-hydrogen) atoms. The van der Waals surface area contributed by atoms with E-state index in [1.54, 1.807) is 7.11 Å². The lowest BCUT2D eigenvalue weighted by molar-refractivity contribution is -0.138. The van der Waals surface area contributed by atoms with Gasteiger partial charge in [-0.3, -0.25) is 4.90 Å². The Morgan fingerprint density at radius 2 is 1.81 bits per heavy atom. The first kappa shape index (κ1) is 14.8. The monoisotopic (exact) mass is 291 g/mol. The minimum Gasteiger partial charge on any atom is -0.496 e. The van der Waals surface area contributed by atoms with Crippen molar-refractivity contribution in [2.75, 3.05) is 27.4 Å². The Morgan fingerprint density at radius 3 is 2.38 bits per heavy atom. The van der Waals surface area contributed by atoms with Gasteiger partial charge in [0.15, 0.2) is 0 Å². The summed E-state index contributed by atoms with van der Waals surface area (Å²) in [6, 6.07) is 4.72. The fraction of sp³-hybridized carbons (Fsp3) is 0.647. The molecule has 2 unspecified atom stereocenters. The van der Waals surface area contributed by atoms with Crippen molar-refractivity contribution in [2.24, 2.45) is 0 Å². The fourth-order valence-corrected chi connectivity index (χ4v) is 3.87. The number of likely N-dealkylation sites (N-methyl/N-ethyl adjacent to an activating group) is 1. The molecule has 2 bridgehead atoms. The molecule has 0 amide bonds. The van der Waals surface area contributed by atoms with Crippen molar-refractivity contribution in [3.8, 4) is 5.75 Å². The van der Waals surface area contributed by atoms with Crippen LogP contribution in [0.1, 0.15) is 29.5 Å². The van der Waals surface area contributed by atoms with E-state index in [0.717, 1.165) is 35.3 Å². The zero-order valence-corrected chi connectivity index (χ0v) is 13.3. The summed E-state index contributed by atoms with van der Waals surface area (Å²) in [7, 11) is 3.83. The Hall–Kier alpha value is -1.10. The van der Waals surface area contributed by atoms with Crippen LogP contribution in [0.15, 0.2) is 12.1 Å². The van der Waals surface area contributed by atoms with Gasteiger partial charge in [-0.25, -0.2) is 0 Å². The standard InChI is InChI=1S/C17H25NO3/c1-11-6-16(20-4)12(2)5-15(11)17(19)7-13-9-21-10-14(8-17)18(13)3/h5-6,13-14,19H,7-10H2,1-4H3. The summed E-state index contributed by atoms with van der Waals surface area (Å²) < 4.78 is 11.0. The third kappa shape index (κ3) is 2.45. The lowest BCUT2D eigenvalue weighted by Gasteiger charge is -2.50. The highest BCUT2D eigenvalue weighted by molar-refractivity contribution is 5.44. The Kier molecular flexibility index (Phi) is 3.72. The van der Waals surface area contributed by atoms with Crippen LogP contribution in [0.5, 0.6) is 5.75 Å².